The lowest BCUT2D eigenvalue weighted by molar-refractivity contribution is 0.0264. The van der Waals surface area contributed by atoms with E-state index in [4.69, 9.17) is 9.47 Å². The smallest absolute Gasteiger partial charge is 0.414 e. The first-order valence-electron chi connectivity index (χ1n) is 7.46. The van der Waals surface area contributed by atoms with Gasteiger partial charge in [0.15, 0.2) is 11.6 Å². The van der Waals surface area contributed by atoms with Crippen LogP contribution in [0, 0.1) is 5.82 Å². The lowest BCUT2D eigenvalue weighted by Crippen LogP contribution is -2.39. The van der Waals surface area contributed by atoms with Gasteiger partial charge in [-0.3, -0.25) is 4.90 Å². The van der Waals surface area contributed by atoms with E-state index in [1.807, 2.05) is 20.8 Å². The zero-order chi connectivity index (χ0) is 15.9. The van der Waals surface area contributed by atoms with Crippen LogP contribution in [0.15, 0.2) is 36.0 Å². The van der Waals surface area contributed by atoms with Crippen molar-refractivity contribution in [2.45, 2.75) is 51.4 Å². The predicted octanol–water partition coefficient (Wildman–Crippen LogP) is 3.87. The van der Waals surface area contributed by atoms with Crippen molar-refractivity contribution in [1.29, 1.82) is 0 Å². The molecule has 1 aliphatic heterocycles. The van der Waals surface area contributed by atoms with Gasteiger partial charge in [-0.25, -0.2) is 9.18 Å². The van der Waals surface area contributed by atoms with Gasteiger partial charge in [-0.05, 0) is 44.9 Å². The van der Waals surface area contributed by atoms with Crippen molar-refractivity contribution in [2.24, 2.45) is 0 Å². The first-order valence-corrected chi connectivity index (χ1v) is 7.46. The number of fused-ring (bicyclic) bond motifs is 2. The van der Waals surface area contributed by atoms with Gasteiger partial charge >= 0.3 is 6.09 Å². The summed E-state index contributed by atoms with van der Waals surface area (Å²) in [4.78, 5) is 13.8. The van der Waals surface area contributed by atoms with Gasteiger partial charge in [0.25, 0.3) is 0 Å². The molecule has 0 N–H and O–H groups in total. The molecule has 0 saturated heterocycles. The number of halogens is 1. The van der Waals surface area contributed by atoms with Crippen molar-refractivity contribution in [1.82, 2.24) is 4.90 Å². The molecule has 5 heteroatoms. The Bertz CT molecular complexity index is 621. The van der Waals surface area contributed by atoms with E-state index in [2.05, 4.69) is 0 Å². The van der Waals surface area contributed by atoms with Crippen LogP contribution >= 0.6 is 0 Å². The van der Waals surface area contributed by atoms with Crippen molar-refractivity contribution in [3.05, 3.63) is 41.9 Å². The molecule has 22 heavy (non-hydrogen) atoms. The van der Waals surface area contributed by atoms with Crippen molar-refractivity contribution in [3.63, 3.8) is 0 Å². The minimum atomic E-state index is -0.513. The lowest BCUT2D eigenvalue weighted by Gasteiger charge is -2.29. The average Bonchev–Trinajstić information content (AvgIpc) is 2.99. The highest BCUT2D eigenvalue weighted by Crippen LogP contribution is 2.39. The molecule has 2 aliphatic rings. The van der Waals surface area contributed by atoms with Crippen molar-refractivity contribution < 1.29 is 18.7 Å². The summed E-state index contributed by atoms with van der Waals surface area (Å²) in [6, 6.07) is 6.42. The Kier molecular flexibility index (Phi) is 3.59. The molecular formula is C17H20FNO3. The van der Waals surface area contributed by atoms with Gasteiger partial charge in [-0.1, -0.05) is 12.1 Å². The van der Waals surface area contributed by atoms with Gasteiger partial charge in [-0.15, -0.1) is 0 Å². The quantitative estimate of drug-likeness (QED) is 0.832. The number of hydrogen-bond acceptors (Lipinski definition) is 3. The molecule has 0 spiro atoms. The van der Waals surface area contributed by atoms with Crippen LogP contribution in [0.1, 0.15) is 33.6 Å². The number of ether oxygens (including phenoxy) is 2. The summed E-state index contributed by atoms with van der Waals surface area (Å²) in [5.74, 6) is -0.111. The lowest BCUT2D eigenvalue weighted by atomic mass is 10.2. The number of carbonyl (C=O) groups excluding carboxylic acids is 1. The second-order valence-electron chi connectivity index (χ2n) is 6.72. The topological polar surface area (TPSA) is 38.8 Å². The summed E-state index contributed by atoms with van der Waals surface area (Å²) in [6.07, 6.45) is 2.71. The summed E-state index contributed by atoms with van der Waals surface area (Å²) in [5.41, 5.74) is 0.500. The number of carbonyl (C=O) groups is 1. The van der Waals surface area contributed by atoms with Crippen LogP contribution in [0.4, 0.5) is 9.18 Å². The first kappa shape index (κ1) is 14.9. The van der Waals surface area contributed by atoms with Gasteiger partial charge in [0.2, 0.25) is 0 Å². The zero-order valence-electron chi connectivity index (χ0n) is 13.0. The normalized spacial score (nSPS) is 23.5. The van der Waals surface area contributed by atoms with Gasteiger partial charge < -0.3 is 9.47 Å². The summed E-state index contributed by atoms with van der Waals surface area (Å²) >= 11 is 0. The minimum absolute atomic E-state index is 0.0432. The number of benzene rings is 1. The molecule has 0 unspecified atom stereocenters. The number of amides is 1. The molecule has 0 aromatic heterocycles. The summed E-state index contributed by atoms with van der Waals surface area (Å²) in [6.45, 7) is 5.53. The van der Waals surface area contributed by atoms with Crippen LogP contribution in [0.3, 0.4) is 0 Å². The Morgan fingerprint density at radius 2 is 2.05 bits per heavy atom. The van der Waals surface area contributed by atoms with E-state index in [-0.39, 0.29) is 29.8 Å². The highest BCUT2D eigenvalue weighted by atomic mass is 19.1. The van der Waals surface area contributed by atoms with Crippen molar-refractivity contribution in [3.8, 4) is 5.75 Å². The van der Waals surface area contributed by atoms with Crippen LogP contribution < -0.4 is 4.74 Å². The van der Waals surface area contributed by atoms with E-state index in [1.54, 1.807) is 29.3 Å². The van der Waals surface area contributed by atoms with E-state index in [1.165, 1.54) is 6.07 Å². The van der Waals surface area contributed by atoms with Crippen LogP contribution in [-0.4, -0.2) is 28.7 Å². The summed E-state index contributed by atoms with van der Waals surface area (Å²) in [7, 11) is 0. The van der Waals surface area contributed by atoms with Crippen LogP contribution in [0.25, 0.3) is 0 Å². The van der Waals surface area contributed by atoms with Gasteiger partial charge in [0.05, 0.1) is 0 Å². The van der Waals surface area contributed by atoms with E-state index in [0.29, 0.717) is 6.42 Å². The first-order chi connectivity index (χ1) is 10.3. The summed E-state index contributed by atoms with van der Waals surface area (Å²) < 4.78 is 24.8. The molecule has 2 atom stereocenters. The Labute approximate surface area is 129 Å². The molecule has 1 aliphatic carbocycles. The molecular weight excluding hydrogens is 285 g/mol. The number of nitrogens with zero attached hydrogens (tertiary/aromatic N) is 1. The Hall–Kier alpha value is -2.04. The van der Waals surface area contributed by atoms with E-state index >= 15 is 0 Å². The fourth-order valence-electron chi connectivity index (χ4n) is 2.85. The fourth-order valence-corrected chi connectivity index (χ4v) is 2.85. The largest absolute Gasteiger partial charge is 0.483 e. The minimum Gasteiger partial charge on any atom is -0.483 e. The van der Waals surface area contributed by atoms with Crippen molar-refractivity contribution >= 4 is 6.09 Å². The molecule has 1 heterocycles. The predicted molar refractivity (Wildman–Crippen MR) is 80.0 cm³/mol. The highest BCUT2D eigenvalue weighted by Gasteiger charge is 2.43. The maximum atomic E-state index is 13.6. The molecule has 1 amide bonds. The second kappa shape index (κ2) is 5.30. The number of para-hydroxylation sites is 1. The Balaban J connectivity index is 1.68. The van der Waals surface area contributed by atoms with Crippen LogP contribution in [-0.2, 0) is 4.74 Å². The fraction of sp³-hybridized carbons (Fsp3) is 0.471. The van der Waals surface area contributed by atoms with Gasteiger partial charge in [-0.2, -0.15) is 0 Å². The second-order valence-corrected chi connectivity index (χ2v) is 6.72. The van der Waals surface area contributed by atoms with Gasteiger partial charge in [0, 0.05) is 18.7 Å². The molecule has 1 fully saturated rings. The average molecular weight is 305 g/mol. The third kappa shape index (κ3) is 2.93. The Morgan fingerprint density at radius 3 is 2.64 bits per heavy atom. The van der Waals surface area contributed by atoms with E-state index < -0.39 is 5.60 Å². The molecule has 118 valence electrons. The highest BCUT2D eigenvalue weighted by molar-refractivity contribution is 5.71. The zero-order valence-corrected chi connectivity index (χ0v) is 13.0. The van der Waals surface area contributed by atoms with E-state index in [0.717, 1.165) is 12.0 Å². The standard InChI is InChI=1S/C17H20FNO3/c1-17(2,3)22-16(20)19-10-11-8-12(19)9-15(11)21-14-7-5-4-6-13(14)18/h4-7,10,12,15H,8-9H2,1-3H3/t12-,15-/m0/s1. The molecule has 1 saturated carbocycles. The molecule has 1 aromatic rings. The monoisotopic (exact) mass is 305 g/mol. The maximum Gasteiger partial charge on any atom is 0.414 e. The molecule has 3 rings (SSSR count). The third-order valence-corrected chi connectivity index (χ3v) is 3.78. The van der Waals surface area contributed by atoms with E-state index in [9.17, 15) is 9.18 Å². The van der Waals surface area contributed by atoms with Crippen LogP contribution in [0.5, 0.6) is 5.75 Å². The maximum absolute atomic E-state index is 13.6. The number of hydrogen-bond donors (Lipinski definition) is 0. The molecule has 2 bridgehead atoms. The SMILES string of the molecule is CC(C)(C)OC(=O)N1C=C2C[C@H]1C[C@@H]2Oc1ccccc1F. The molecule has 4 nitrogen and oxygen atoms in total. The molecule has 0 radical (unpaired) electrons. The number of rotatable bonds is 2. The summed E-state index contributed by atoms with van der Waals surface area (Å²) in [5, 5.41) is 0. The third-order valence-electron chi connectivity index (χ3n) is 3.78. The van der Waals surface area contributed by atoms with Crippen molar-refractivity contribution in [2.75, 3.05) is 0 Å². The van der Waals surface area contributed by atoms with Crippen LogP contribution in [0.2, 0.25) is 0 Å². The van der Waals surface area contributed by atoms with Gasteiger partial charge in [0.1, 0.15) is 11.7 Å². The Morgan fingerprint density at radius 1 is 1.32 bits per heavy atom. The molecule has 1 aromatic carbocycles.